The van der Waals surface area contributed by atoms with Gasteiger partial charge >= 0.3 is 0 Å². The molecule has 0 aliphatic heterocycles. The fourth-order valence-electron chi connectivity index (χ4n) is 1.79. The monoisotopic (exact) mass is 295 g/mol. The first-order valence-electron chi connectivity index (χ1n) is 14.7. The zero-order valence-corrected chi connectivity index (χ0v) is 10.7. The van der Waals surface area contributed by atoms with Gasteiger partial charge in [-0.1, -0.05) is 31.3 Å². The third-order valence-corrected chi connectivity index (χ3v) is 2.70. The molecule has 1 aromatic carbocycles. The second kappa shape index (κ2) is 6.59. The van der Waals surface area contributed by atoms with Crippen LogP contribution < -0.4 is 4.74 Å². The quantitative estimate of drug-likeness (QED) is 0.906. The Morgan fingerprint density at radius 2 is 2.10 bits per heavy atom. The molecule has 1 aliphatic rings. The Morgan fingerprint density at radius 1 is 1.40 bits per heavy atom. The topological polar surface area (TPSA) is 32.7 Å². The number of likely N-dealkylation sites (N-methyl/N-ethyl adjacent to an activating group) is 1. The summed E-state index contributed by atoms with van der Waals surface area (Å²) in [5, 5.41) is 11.9. The molecule has 3 nitrogen and oxygen atoms in total. The number of hydrogen-bond donors (Lipinski definition) is 1. The van der Waals surface area contributed by atoms with Crippen LogP contribution in [-0.4, -0.2) is 43.2 Å². The molecule has 0 saturated heterocycles. The van der Waals surface area contributed by atoms with Gasteiger partial charge in [0, 0.05) is 33.0 Å². The lowest BCUT2D eigenvalue weighted by atomic mass is 9.72. The van der Waals surface area contributed by atoms with Gasteiger partial charge in [0.1, 0.15) is 5.75 Å². The first-order chi connectivity index (χ1) is 16.5. The van der Waals surface area contributed by atoms with Crippen LogP contribution in [0, 0.1) is 0 Å². The Bertz CT molecular complexity index is 999. The van der Waals surface area contributed by atoms with Crippen molar-refractivity contribution in [2.45, 2.75) is 43.4 Å². The molecule has 1 saturated carbocycles. The van der Waals surface area contributed by atoms with Crippen LogP contribution in [0.5, 0.6) is 5.75 Å². The zero-order valence-electron chi connectivity index (χ0n) is 28.7. The van der Waals surface area contributed by atoms with Crippen LogP contribution in [0.3, 0.4) is 0 Å². The maximum Gasteiger partial charge on any atom is 0.118 e. The Labute approximate surface area is 147 Å². The lowest BCUT2D eigenvalue weighted by Gasteiger charge is -2.40. The third kappa shape index (κ3) is 3.53. The number of rotatable bonds is 5. The Morgan fingerprint density at radius 3 is 2.70 bits per heavy atom. The van der Waals surface area contributed by atoms with Gasteiger partial charge < -0.3 is 14.7 Å². The summed E-state index contributed by atoms with van der Waals surface area (Å²) in [4.78, 5) is 0.0377. The number of benzene rings is 1. The summed E-state index contributed by atoms with van der Waals surface area (Å²) in [6, 6.07) is 3.55. The summed E-state index contributed by atoms with van der Waals surface area (Å²) < 4.78 is 149. The molecule has 0 amide bonds. The van der Waals surface area contributed by atoms with E-state index in [1.165, 1.54) is 0 Å². The van der Waals surface area contributed by atoms with Gasteiger partial charge in [-0.2, -0.15) is 0 Å². The number of methoxy groups -OCH3 is 1. The molecule has 2 rings (SSSR count). The van der Waals surface area contributed by atoms with Gasteiger partial charge in [-0.3, -0.25) is 0 Å². The van der Waals surface area contributed by atoms with E-state index in [4.69, 9.17) is 29.4 Å². The van der Waals surface area contributed by atoms with Crippen molar-refractivity contribution < 1.29 is 34.5 Å². The van der Waals surface area contributed by atoms with E-state index in [0.29, 0.717) is 7.05 Å². The number of nitrogens with zero attached hydrogens (tertiary/aromatic N) is 1. The average molecular weight is 296 g/mol. The van der Waals surface area contributed by atoms with Crippen molar-refractivity contribution >= 4 is 0 Å². The van der Waals surface area contributed by atoms with Crippen molar-refractivity contribution in [3.8, 4) is 5.75 Å². The van der Waals surface area contributed by atoms with Gasteiger partial charge in [0.05, 0.1) is 16.8 Å². The molecule has 0 heterocycles. The Kier molecular flexibility index (Phi) is 1.40. The molecule has 1 fully saturated rings. The van der Waals surface area contributed by atoms with Gasteiger partial charge in [0.25, 0.3) is 0 Å². The fraction of sp³-hybridized carbons (Fsp3) is 0.647. The highest BCUT2D eigenvalue weighted by atomic mass is 16.5. The molecule has 1 N–H and O–H groups in total. The first-order valence-corrected chi connectivity index (χ1v) is 5.71. The van der Waals surface area contributed by atoms with E-state index < -0.39 is 69.5 Å². The van der Waals surface area contributed by atoms with E-state index in [0.717, 1.165) is 24.3 Å². The SMILES string of the molecule is [2H]C([2H])([2H])Oc1ccc([C@@H](C([2H])([2H])N(C)C([2H])([2H])[2H])C2(O)C([2H])([2H])C([2H])([2H])C([2H])([2H])C([2H])([2H])C2([2H])[2H])cc1. The van der Waals surface area contributed by atoms with Crippen molar-refractivity contribution in [2.24, 2.45) is 0 Å². The molecule has 112 valence electrons. The van der Waals surface area contributed by atoms with E-state index in [9.17, 15) is 5.11 Å². The molecule has 0 bridgehead atoms. The van der Waals surface area contributed by atoms with E-state index >= 15 is 0 Å². The van der Waals surface area contributed by atoms with Crippen molar-refractivity contribution in [3.05, 3.63) is 29.8 Å². The van der Waals surface area contributed by atoms with Crippen LogP contribution in [-0.2, 0) is 0 Å². The molecule has 0 spiro atoms. The van der Waals surface area contributed by atoms with Crippen molar-refractivity contribution in [3.63, 3.8) is 0 Å². The fourth-order valence-corrected chi connectivity index (χ4v) is 1.79. The van der Waals surface area contributed by atoms with Crippen LogP contribution in [0.4, 0.5) is 0 Å². The van der Waals surface area contributed by atoms with E-state index in [1.54, 1.807) is 0 Å². The number of aliphatic hydroxyl groups is 1. The highest BCUT2D eigenvalue weighted by Crippen LogP contribution is 2.40. The summed E-state index contributed by atoms with van der Waals surface area (Å²) in [5.41, 5.74) is -4.71. The van der Waals surface area contributed by atoms with Gasteiger partial charge in [-0.25, -0.2) is 0 Å². The van der Waals surface area contributed by atoms with E-state index in [2.05, 4.69) is 0 Å². The minimum absolute atomic E-state index is 0.0377. The van der Waals surface area contributed by atoms with E-state index in [1.807, 2.05) is 0 Å². The van der Waals surface area contributed by atoms with Gasteiger partial charge in [-0.05, 0) is 44.5 Å². The molecule has 0 unspecified atom stereocenters. The summed E-state index contributed by atoms with van der Waals surface area (Å²) in [6.07, 6.45) is -20.1. The molecule has 0 radical (unpaired) electrons. The molecule has 1 atom stereocenters. The molecular weight excluding hydrogens is 250 g/mol. The Hall–Kier alpha value is -1.06. The minimum Gasteiger partial charge on any atom is -0.497 e. The summed E-state index contributed by atoms with van der Waals surface area (Å²) in [5.74, 6) is -3.07. The minimum atomic E-state index is -4.12. The molecule has 0 aromatic heterocycles. The predicted molar refractivity (Wildman–Crippen MR) is 82.3 cm³/mol. The molecule has 1 aliphatic carbocycles. The maximum atomic E-state index is 11.9. The van der Waals surface area contributed by atoms with Crippen LogP contribution in [0.1, 0.15) is 68.0 Å². The smallest absolute Gasteiger partial charge is 0.118 e. The number of hydrogen-bond acceptors (Lipinski definition) is 3. The largest absolute Gasteiger partial charge is 0.497 e. The summed E-state index contributed by atoms with van der Waals surface area (Å²) in [7, 11) is -2.22. The zero-order chi connectivity index (χ0) is 30.3. The van der Waals surface area contributed by atoms with Crippen LogP contribution in [0.2, 0.25) is 0 Å². The molecule has 1 aromatic rings. The van der Waals surface area contributed by atoms with Crippen molar-refractivity contribution in [1.82, 2.24) is 4.90 Å². The number of ether oxygens (including phenoxy) is 1. The maximum absolute atomic E-state index is 11.9. The lowest BCUT2D eigenvalue weighted by molar-refractivity contribution is -0.0277. The molecule has 3 heteroatoms. The molecule has 20 heavy (non-hydrogen) atoms. The van der Waals surface area contributed by atoms with Crippen molar-refractivity contribution in [2.75, 3.05) is 27.6 Å². The normalized spacial score (nSPS) is 47.8. The highest BCUT2D eigenvalue weighted by molar-refractivity contribution is 5.31. The highest BCUT2D eigenvalue weighted by Gasteiger charge is 2.38. The van der Waals surface area contributed by atoms with Crippen molar-refractivity contribution in [1.29, 1.82) is 0 Å². The van der Waals surface area contributed by atoms with Gasteiger partial charge in [0.2, 0.25) is 0 Å². The average Bonchev–Trinajstić information content (AvgIpc) is 2.71. The Balaban J connectivity index is 3.02. The first kappa shape index (κ1) is 4.23. The predicted octanol–water partition coefficient (Wildman–Crippen LogP) is 3.04. The third-order valence-electron chi connectivity index (χ3n) is 2.70. The second-order valence-electron chi connectivity index (χ2n) is 4.18. The summed E-state index contributed by atoms with van der Waals surface area (Å²) >= 11 is 0. The van der Waals surface area contributed by atoms with Gasteiger partial charge in [0.15, 0.2) is 0 Å². The lowest BCUT2D eigenvalue weighted by Crippen LogP contribution is -2.42. The molecular formula is C17H27NO2. The van der Waals surface area contributed by atoms with E-state index in [-0.39, 0.29) is 10.6 Å². The standard InChI is InChI=1S/C17H27NO2/c1-18(2)13-16(17(19)11-5-4-6-12-17)14-7-9-15(20-3)10-8-14/h7-10,16,19H,4-6,11-13H2,1-3H3/t16-/m1/s1/i1D3,3D3,4D2,5D2,6D2,11D2,12D2,13D2. The second-order valence-corrected chi connectivity index (χ2v) is 4.18. The van der Waals surface area contributed by atoms with Crippen LogP contribution in [0.25, 0.3) is 0 Å². The van der Waals surface area contributed by atoms with Crippen LogP contribution >= 0.6 is 0 Å². The van der Waals surface area contributed by atoms with Crippen LogP contribution in [0.15, 0.2) is 24.3 Å². The summed E-state index contributed by atoms with van der Waals surface area (Å²) in [6.45, 7) is -6.77. The van der Waals surface area contributed by atoms with Gasteiger partial charge in [-0.15, -0.1) is 0 Å².